The molecule has 1 aromatic heterocycles. The number of rotatable bonds is 9. The Morgan fingerprint density at radius 1 is 1.35 bits per heavy atom. The molecule has 0 saturated heterocycles. The first kappa shape index (κ1) is 18.3. The molecule has 0 bridgehead atoms. The summed E-state index contributed by atoms with van der Waals surface area (Å²) in [5.74, 6) is 0.352. The van der Waals surface area contributed by atoms with Gasteiger partial charge in [0.05, 0.1) is 18.5 Å². The highest BCUT2D eigenvalue weighted by Gasteiger charge is 2.38. The summed E-state index contributed by atoms with van der Waals surface area (Å²) >= 11 is 0. The van der Waals surface area contributed by atoms with Gasteiger partial charge in [0.25, 0.3) is 0 Å². The van der Waals surface area contributed by atoms with Crippen LogP contribution in [0.25, 0.3) is 5.69 Å². The highest BCUT2D eigenvalue weighted by Crippen LogP contribution is 2.45. The van der Waals surface area contributed by atoms with E-state index in [0.29, 0.717) is 24.5 Å². The van der Waals surface area contributed by atoms with Crippen molar-refractivity contribution < 1.29 is 9.84 Å². The van der Waals surface area contributed by atoms with Gasteiger partial charge in [0, 0.05) is 24.6 Å². The number of anilines is 1. The molecule has 0 radical (unpaired) electrons. The lowest BCUT2D eigenvalue weighted by molar-refractivity contribution is 0.244. The second-order valence-corrected chi connectivity index (χ2v) is 7.00. The number of hydrogen-bond acceptors (Lipinski definition) is 6. The number of ether oxygens (including phenoxy) is 1. The molecule has 0 amide bonds. The first-order valence-electron chi connectivity index (χ1n) is 9.01. The largest absolute Gasteiger partial charge is 0.508 e. The van der Waals surface area contributed by atoms with E-state index in [2.05, 4.69) is 22.7 Å². The van der Waals surface area contributed by atoms with Crippen molar-refractivity contribution in [2.75, 3.05) is 31.6 Å². The molecular weight excluding hydrogens is 332 g/mol. The summed E-state index contributed by atoms with van der Waals surface area (Å²) in [7, 11) is 0. The second-order valence-electron chi connectivity index (χ2n) is 7.00. The minimum absolute atomic E-state index is 0.0806. The molecule has 7 nitrogen and oxygen atoms in total. The number of hydrogen-bond donors (Lipinski definition) is 3. The Morgan fingerprint density at radius 3 is 2.85 bits per heavy atom. The van der Waals surface area contributed by atoms with Gasteiger partial charge in [-0.2, -0.15) is 9.78 Å². The number of nitrogens with one attached hydrogen (secondary N) is 2. The Balaban J connectivity index is 1.88. The van der Waals surface area contributed by atoms with Crippen molar-refractivity contribution in [3.05, 3.63) is 40.8 Å². The average Bonchev–Trinajstić information content (AvgIpc) is 3.36. The maximum atomic E-state index is 13.0. The lowest BCUT2D eigenvalue weighted by Crippen LogP contribution is -2.27. The number of aromatic hydroxyl groups is 1. The van der Waals surface area contributed by atoms with Crippen LogP contribution >= 0.6 is 0 Å². The van der Waals surface area contributed by atoms with Crippen LogP contribution in [0.4, 0.5) is 5.69 Å². The molecule has 140 valence electrons. The van der Waals surface area contributed by atoms with Gasteiger partial charge in [-0.3, -0.25) is 4.79 Å². The number of benzene rings is 1. The molecule has 1 aliphatic carbocycles. The van der Waals surface area contributed by atoms with E-state index in [1.54, 1.807) is 24.4 Å². The first-order valence-corrected chi connectivity index (χ1v) is 9.01. The molecule has 3 rings (SSSR count). The molecule has 1 aromatic carbocycles. The molecule has 0 spiro atoms. The summed E-state index contributed by atoms with van der Waals surface area (Å²) in [4.78, 5) is 13.0. The maximum absolute atomic E-state index is 13.0. The van der Waals surface area contributed by atoms with Crippen LogP contribution in [0.1, 0.15) is 26.7 Å². The SMILES string of the molecule is CCNCCNc1cnn(-c2cccc(O)c2)c(=O)c1OCC1(C)CC1. The normalized spacial score (nSPS) is 14.8. The van der Waals surface area contributed by atoms with Crippen LogP contribution in [0.3, 0.4) is 0 Å². The van der Waals surface area contributed by atoms with Crippen LogP contribution in [0.15, 0.2) is 35.3 Å². The van der Waals surface area contributed by atoms with E-state index in [-0.39, 0.29) is 22.5 Å². The smallest absolute Gasteiger partial charge is 0.315 e. The van der Waals surface area contributed by atoms with E-state index in [4.69, 9.17) is 4.74 Å². The van der Waals surface area contributed by atoms with Crippen molar-refractivity contribution in [3.63, 3.8) is 0 Å². The molecule has 1 fully saturated rings. The molecule has 26 heavy (non-hydrogen) atoms. The third-order valence-electron chi connectivity index (χ3n) is 4.54. The first-order chi connectivity index (χ1) is 12.5. The van der Waals surface area contributed by atoms with Crippen molar-refractivity contribution >= 4 is 5.69 Å². The van der Waals surface area contributed by atoms with Crippen LogP contribution in [-0.4, -0.2) is 41.1 Å². The molecule has 1 heterocycles. The number of likely N-dealkylation sites (N-methyl/N-ethyl adjacent to an activating group) is 1. The molecule has 3 N–H and O–H groups in total. The lowest BCUT2D eigenvalue weighted by Gasteiger charge is -2.16. The number of nitrogens with zero attached hydrogens (tertiary/aromatic N) is 2. The monoisotopic (exact) mass is 358 g/mol. The predicted molar refractivity (Wildman–Crippen MR) is 101 cm³/mol. The van der Waals surface area contributed by atoms with Gasteiger partial charge in [0.15, 0.2) is 0 Å². The number of aromatic nitrogens is 2. The van der Waals surface area contributed by atoms with Crippen LogP contribution < -0.4 is 20.9 Å². The summed E-state index contributed by atoms with van der Waals surface area (Å²) in [6.45, 7) is 7.04. The van der Waals surface area contributed by atoms with Crippen LogP contribution in [0, 0.1) is 5.41 Å². The zero-order valence-corrected chi connectivity index (χ0v) is 15.3. The Kier molecular flexibility index (Phi) is 5.46. The zero-order chi connectivity index (χ0) is 18.6. The summed E-state index contributed by atoms with van der Waals surface area (Å²) in [5.41, 5.74) is 0.908. The Hall–Kier alpha value is -2.54. The minimum Gasteiger partial charge on any atom is -0.508 e. The summed E-state index contributed by atoms with van der Waals surface area (Å²) in [5, 5.41) is 20.4. The predicted octanol–water partition coefficient (Wildman–Crippen LogP) is 2.14. The fourth-order valence-electron chi connectivity index (χ4n) is 2.58. The van der Waals surface area contributed by atoms with Crippen LogP contribution in [0.2, 0.25) is 0 Å². The number of phenolic OH excluding ortho intramolecular Hbond substituents is 1. The molecule has 2 aromatic rings. The summed E-state index contributed by atoms with van der Waals surface area (Å²) in [6, 6.07) is 6.45. The number of phenols is 1. The van der Waals surface area contributed by atoms with Crippen LogP contribution in [0.5, 0.6) is 11.5 Å². The van der Waals surface area contributed by atoms with Crippen molar-refractivity contribution in [2.45, 2.75) is 26.7 Å². The summed E-state index contributed by atoms with van der Waals surface area (Å²) < 4.78 is 7.18. The fraction of sp³-hybridized carbons (Fsp3) is 0.474. The van der Waals surface area contributed by atoms with Gasteiger partial charge in [0.2, 0.25) is 5.75 Å². The fourth-order valence-corrected chi connectivity index (χ4v) is 2.58. The Labute approximate surface area is 153 Å². The van der Waals surface area contributed by atoms with Crippen molar-refractivity contribution in [3.8, 4) is 17.2 Å². The summed E-state index contributed by atoms with van der Waals surface area (Å²) in [6.07, 6.45) is 3.83. The topological polar surface area (TPSA) is 88.4 Å². The molecule has 0 unspecified atom stereocenters. The highest BCUT2D eigenvalue weighted by atomic mass is 16.5. The van der Waals surface area contributed by atoms with Gasteiger partial charge in [-0.05, 0) is 31.5 Å². The third kappa shape index (κ3) is 4.35. The van der Waals surface area contributed by atoms with Gasteiger partial charge < -0.3 is 20.5 Å². The van der Waals surface area contributed by atoms with Gasteiger partial charge in [0.1, 0.15) is 11.4 Å². The molecule has 1 saturated carbocycles. The van der Waals surface area contributed by atoms with E-state index in [1.807, 2.05) is 6.92 Å². The standard InChI is InChI=1S/C19H26N4O3/c1-3-20-9-10-21-16-12-22-23(14-5-4-6-15(24)11-14)18(25)17(16)26-13-19(2)7-8-19/h4-6,11-12,20-21,24H,3,7-10,13H2,1-2H3. The molecule has 0 aliphatic heterocycles. The minimum atomic E-state index is -0.340. The van der Waals surface area contributed by atoms with E-state index in [1.165, 1.54) is 10.7 Å². The second kappa shape index (κ2) is 7.78. The van der Waals surface area contributed by atoms with E-state index in [0.717, 1.165) is 25.9 Å². The van der Waals surface area contributed by atoms with Crippen LogP contribution in [-0.2, 0) is 0 Å². The van der Waals surface area contributed by atoms with Gasteiger partial charge in [-0.25, -0.2) is 0 Å². The van der Waals surface area contributed by atoms with Crippen molar-refractivity contribution in [2.24, 2.45) is 5.41 Å². The Morgan fingerprint density at radius 2 is 2.15 bits per heavy atom. The highest BCUT2D eigenvalue weighted by molar-refractivity contribution is 5.54. The van der Waals surface area contributed by atoms with Gasteiger partial charge in [-0.15, -0.1) is 0 Å². The molecule has 0 atom stereocenters. The van der Waals surface area contributed by atoms with E-state index >= 15 is 0 Å². The maximum Gasteiger partial charge on any atom is 0.315 e. The van der Waals surface area contributed by atoms with E-state index in [9.17, 15) is 9.90 Å². The van der Waals surface area contributed by atoms with Gasteiger partial charge >= 0.3 is 5.56 Å². The lowest BCUT2D eigenvalue weighted by atomic mass is 10.2. The molecule has 7 heteroatoms. The third-order valence-corrected chi connectivity index (χ3v) is 4.54. The van der Waals surface area contributed by atoms with Gasteiger partial charge in [-0.1, -0.05) is 19.9 Å². The quantitative estimate of drug-likeness (QED) is 0.595. The van der Waals surface area contributed by atoms with Crippen molar-refractivity contribution in [1.82, 2.24) is 15.1 Å². The van der Waals surface area contributed by atoms with E-state index < -0.39 is 0 Å². The average molecular weight is 358 g/mol. The Bertz CT molecular complexity index is 815. The van der Waals surface area contributed by atoms with Crippen molar-refractivity contribution in [1.29, 1.82) is 0 Å². The molecule has 1 aliphatic rings. The zero-order valence-electron chi connectivity index (χ0n) is 15.3. The molecular formula is C19H26N4O3.